The minimum atomic E-state index is -0.349. The molecule has 3 atom stereocenters. The number of fused-ring (bicyclic) bond motifs is 1. The smallest absolute Gasteiger partial charge is 0.259 e. The highest BCUT2D eigenvalue weighted by molar-refractivity contribution is 5.98. The van der Waals surface area contributed by atoms with E-state index < -0.39 is 0 Å². The number of hydrogen-bond acceptors (Lipinski definition) is 7. The van der Waals surface area contributed by atoms with E-state index in [-0.39, 0.29) is 30.6 Å². The zero-order valence-electron chi connectivity index (χ0n) is 20.8. The molecule has 0 saturated carbocycles. The fourth-order valence-corrected chi connectivity index (χ4v) is 4.39. The molecule has 1 N–H and O–H groups in total. The van der Waals surface area contributed by atoms with Crippen LogP contribution in [-0.2, 0) is 6.54 Å². The van der Waals surface area contributed by atoms with Gasteiger partial charge in [0.1, 0.15) is 11.7 Å². The van der Waals surface area contributed by atoms with Crippen molar-refractivity contribution in [2.75, 3.05) is 26.7 Å². The van der Waals surface area contributed by atoms with Crippen LogP contribution in [0.25, 0.3) is 11.1 Å². The summed E-state index contributed by atoms with van der Waals surface area (Å²) >= 11 is 0. The first-order chi connectivity index (χ1) is 17.4. The SMILES string of the molecule is C[C@@H]1CN([C@@H](C)CO)C(=O)c2cc(-c3ccc(C#N)cc3)cnc2O[C@H]1CN(C)Cc1cccnc1. The van der Waals surface area contributed by atoms with Gasteiger partial charge in [0.05, 0.1) is 24.3 Å². The number of hydrogen-bond donors (Lipinski definition) is 1. The summed E-state index contributed by atoms with van der Waals surface area (Å²) in [4.78, 5) is 26.3. The van der Waals surface area contributed by atoms with E-state index in [2.05, 4.69) is 27.9 Å². The average molecular weight is 486 g/mol. The number of pyridine rings is 2. The van der Waals surface area contributed by atoms with Gasteiger partial charge in [0.2, 0.25) is 5.88 Å². The molecule has 8 heteroatoms. The summed E-state index contributed by atoms with van der Waals surface area (Å²) in [5.41, 5.74) is 3.64. The number of ether oxygens (including phenoxy) is 1. The summed E-state index contributed by atoms with van der Waals surface area (Å²) in [5, 5.41) is 19.0. The van der Waals surface area contributed by atoms with Crippen molar-refractivity contribution in [3.05, 3.63) is 77.7 Å². The summed E-state index contributed by atoms with van der Waals surface area (Å²) in [6.07, 6.45) is 5.08. The van der Waals surface area contributed by atoms with Crippen molar-refractivity contribution in [2.24, 2.45) is 5.92 Å². The van der Waals surface area contributed by atoms with Gasteiger partial charge in [-0.25, -0.2) is 4.98 Å². The molecule has 186 valence electrons. The summed E-state index contributed by atoms with van der Waals surface area (Å²) < 4.78 is 6.40. The van der Waals surface area contributed by atoms with E-state index in [9.17, 15) is 9.90 Å². The van der Waals surface area contributed by atoms with Crippen LogP contribution in [0.2, 0.25) is 0 Å². The summed E-state index contributed by atoms with van der Waals surface area (Å²) in [6, 6.07) is 14.7. The molecular weight excluding hydrogens is 454 g/mol. The van der Waals surface area contributed by atoms with Crippen molar-refractivity contribution in [1.29, 1.82) is 5.26 Å². The van der Waals surface area contributed by atoms with Gasteiger partial charge in [0.25, 0.3) is 5.91 Å². The van der Waals surface area contributed by atoms with Gasteiger partial charge in [0, 0.05) is 49.7 Å². The second-order valence-electron chi connectivity index (χ2n) is 9.45. The first kappa shape index (κ1) is 25.3. The van der Waals surface area contributed by atoms with Crippen molar-refractivity contribution in [3.8, 4) is 23.1 Å². The number of amides is 1. The zero-order chi connectivity index (χ0) is 25.7. The molecule has 0 radical (unpaired) electrons. The van der Waals surface area contributed by atoms with Crippen LogP contribution < -0.4 is 4.74 Å². The van der Waals surface area contributed by atoms with Gasteiger partial charge in [-0.3, -0.25) is 14.7 Å². The summed E-state index contributed by atoms with van der Waals surface area (Å²) in [5.74, 6) is 0.0786. The highest BCUT2D eigenvalue weighted by atomic mass is 16.5. The van der Waals surface area contributed by atoms with Gasteiger partial charge in [0.15, 0.2) is 0 Å². The van der Waals surface area contributed by atoms with E-state index in [4.69, 9.17) is 10.00 Å². The lowest BCUT2D eigenvalue weighted by molar-refractivity contribution is 0.0325. The van der Waals surface area contributed by atoms with Crippen molar-refractivity contribution in [3.63, 3.8) is 0 Å². The van der Waals surface area contributed by atoms with Gasteiger partial charge in [-0.2, -0.15) is 5.26 Å². The van der Waals surface area contributed by atoms with E-state index in [0.29, 0.717) is 36.6 Å². The number of nitriles is 1. The predicted molar refractivity (Wildman–Crippen MR) is 136 cm³/mol. The van der Waals surface area contributed by atoms with Gasteiger partial charge in [-0.15, -0.1) is 0 Å². The molecule has 0 fully saturated rings. The van der Waals surface area contributed by atoms with Crippen LogP contribution in [0.5, 0.6) is 5.88 Å². The monoisotopic (exact) mass is 485 g/mol. The molecule has 36 heavy (non-hydrogen) atoms. The molecule has 8 nitrogen and oxygen atoms in total. The third kappa shape index (κ3) is 5.70. The van der Waals surface area contributed by atoms with Gasteiger partial charge < -0.3 is 14.7 Å². The standard InChI is InChI=1S/C28H31N5O3/c1-19-15-33(20(2)18-34)28(35)25-11-24(23-8-6-21(12-29)7-9-23)14-31-27(25)36-26(19)17-32(3)16-22-5-4-10-30-13-22/h4-11,13-14,19-20,26,34H,15-18H2,1-3H3/t19-,20+,26+/m1/s1. The van der Waals surface area contributed by atoms with Crippen LogP contribution in [-0.4, -0.2) is 69.7 Å². The fourth-order valence-electron chi connectivity index (χ4n) is 4.39. The number of aliphatic hydroxyl groups excluding tert-OH is 1. The molecule has 0 unspecified atom stereocenters. The Kier molecular flexibility index (Phi) is 7.93. The van der Waals surface area contributed by atoms with E-state index in [1.807, 2.05) is 44.4 Å². The third-order valence-electron chi connectivity index (χ3n) is 6.54. The first-order valence-corrected chi connectivity index (χ1v) is 12.1. The molecular formula is C28H31N5O3. The van der Waals surface area contributed by atoms with E-state index in [0.717, 1.165) is 16.7 Å². The second-order valence-corrected chi connectivity index (χ2v) is 9.45. The maximum absolute atomic E-state index is 13.6. The number of aromatic nitrogens is 2. The predicted octanol–water partition coefficient (Wildman–Crippen LogP) is 3.37. The van der Waals surface area contributed by atoms with Crippen LogP contribution in [0.15, 0.2) is 61.1 Å². The molecule has 1 aliphatic rings. The molecule has 3 aromatic rings. The summed E-state index contributed by atoms with van der Waals surface area (Å²) in [7, 11) is 2.03. The molecule has 3 heterocycles. The average Bonchev–Trinajstić information content (AvgIpc) is 2.90. The number of aliphatic hydroxyl groups is 1. The topological polar surface area (TPSA) is 103 Å². The molecule has 2 aromatic heterocycles. The van der Waals surface area contributed by atoms with Crippen molar-refractivity contribution >= 4 is 5.91 Å². The molecule has 0 aliphatic carbocycles. The molecule has 1 aromatic carbocycles. The number of likely N-dealkylation sites (N-methyl/N-ethyl adjacent to an activating group) is 1. The van der Waals surface area contributed by atoms with Crippen molar-refractivity contribution in [2.45, 2.75) is 32.5 Å². The lowest BCUT2D eigenvalue weighted by atomic mass is 9.99. The number of nitrogens with zero attached hydrogens (tertiary/aromatic N) is 5. The molecule has 1 amide bonds. The highest BCUT2D eigenvalue weighted by Gasteiger charge is 2.34. The molecule has 4 rings (SSSR count). The van der Waals surface area contributed by atoms with Crippen LogP contribution in [0, 0.1) is 17.2 Å². The number of benzene rings is 1. The van der Waals surface area contributed by atoms with E-state index in [1.165, 1.54) is 0 Å². The quantitative estimate of drug-likeness (QED) is 0.547. The molecule has 0 saturated heterocycles. The Balaban J connectivity index is 1.66. The maximum Gasteiger partial charge on any atom is 0.259 e. The van der Waals surface area contributed by atoms with E-state index in [1.54, 1.807) is 35.5 Å². The maximum atomic E-state index is 13.6. The van der Waals surface area contributed by atoms with Crippen molar-refractivity contribution < 1.29 is 14.6 Å². The first-order valence-electron chi connectivity index (χ1n) is 12.1. The number of carbonyl (C=O) groups is 1. The Morgan fingerprint density at radius 1 is 1.25 bits per heavy atom. The van der Waals surface area contributed by atoms with Crippen LogP contribution in [0.1, 0.15) is 35.3 Å². The molecule has 1 aliphatic heterocycles. The molecule has 0 bridgehead atoms. The van der Waals surface area contributed by atoms with Crippen LogP contribution >= 0.6 is 0 Å². The van der Waals surface area contributed by atoms with E-state index >= 15 is 0 Å². The van der Waals surface area contributed by atoms with Crippen LogP contribution in [0.3, 0.4) is 0 Å². The lowest BCUT2D eigenvalue weighted by Crippen LogP contribution is -2.49. The lowest BCUT2D eigenvalue weighted by Gasteiger charge is -2.37. The van der Waals surface area contributed by atoms with Crippen LogP contribution in [0.4, 0.5) is 0 Å². The Labute approximate surface area is 211 Å². The van der Waals surface area contributed by atoms with Gasteiger partial charge >= 0.3 is 0 Å². The highest BCUT2D eigenvalue weighted by Crippen LogP contribution is 2.30. The number of carbonyl (C=O) groups excluding carboxylic acids is 1. The van der Waals surface area contributed by atoms with Gasteiger partial charge in [-0.05, 0) is 49.4 Å². The minimum Gasteiger partial charge on any atom is -0.472 e. The Bertz CT molecular complexity index is 1230. The third-order valence-corrected chi connectivity index (χ3v) is 6.54. The Morgan fingerprint density at radius 3 is 2.69 bits per heavy atom. The van der Waals surface area contributed by atoms with Gasteiger partial charge in [-0.1, -0.05) is 25.1 Å². The minimum absolute atomic E-state index is 0.00690. The summed E-state index contributed by atoms with van der Waals surface area (Å²) in [6.45, 7) is 5.56. The Hall–Kier alpha value is -3.80. The second kappa shape index (κ2) is 11.3. The van der Waals surface area contributed by atoms with Crippen molar-refractivity contribution in [1.82, 2.24) is 19.8 Å². The Morgan fingerprint density at radius 2 is 2.03 bits per heavy atom. The molecule has 0 spiro atoms. The normalized spacial score (nSPS) is 18.6. The fraction of sp³-hybridized carbons (Fsp3) is 0.357. The number of rotatable bonds is 7. The largest absolute Gasteiger partial charge is 0.472 e. The zero-order valence-corrected chi connectivity index (χ0v) is 20.8.